The summed E-state index contributed by atoms with van der Waals surface area (Å²) < 4.78 is 16.3. The Bertz CT molecular complexity index is 579. The fraction of sp³-hybridized carbons (Fsp3) is 0.200. The van der Waals surface area contributed by atoms with Crippen molar-refractivity contribution in [2.45, 2.75) is 6.61 Å². The first-order chi connectivity index (χ1) is 9.65. The van der Waals surface area contributed by atoms with Crippen LogP contribution in [0, 0.1) is 0 Å². The second kappa shape index (κ2) is 6.39. The highest BCUT2D eigenvalue weighted by Crippen LogP contribution is 2.37. The molecule has 2 N–H and O–H groups in total. The lowest BCUT2D eigenvalue weighted by atomic mass is 10.2. The smallest absolute Gasteiger partial charge is 0.203 e. The first-order valence-corrected chi connectivity index (χ1v) is 6.41. The molecule has 0 fully saturated rings. The third-order valence-electron chi connectivity index (χ3n) is 2.86. The van der Waals surface area contributed by atoms with Gasteiger partial charge in [-0.2, -0.15) is 0 Å². The largest absolute Gasteiger partial charge is 0.493 e. The van der Waals surface area contributed by atoms with Crippen molar-refractivity contribution in [1.29, 1.82) is 0 Å². The second-order valence-corrected chi connectivity index (χ2v) is 4.56. The van der Waals surface area contributed by atoms with Crippen LogP contribution in [0.25, 0.3) is 0 Å². The average molecular weight is 294 g/mol. The number of para-hydroxylation sites is 1. The van der Waals surface area contributed by atoms with Crippen LogP contribution in [0.15, 0.2) is 36.4 Å². The fourth-order valence-corrected chi connectivity index (χ4v) is 2.00. The van der Waals surface area contributed by atoms with E-state index < -0.39 is 0 Å². The molecule has 0 amide bonds. The lowest BCUT2D eigenvalue weighted by Gasteiger charge is -2.15. The molecule has 2 aromatic carbocycles. The minimum atomic E-state index is 0.281. The summed E-state index contributed by atoms with van der Waals surface area (Å²) in [6, 6.07) is 10.7. The summed E-state index contributed by atoms with van der Waals surface area (Å²) in [4.78, 5) is 0. The molecule has 0 unspecified atom stereocenters. The van der Waals surface area contributed by atoms with Crippen LogP contribution in [0.5, 0.6) is 17.2 Å². The highest BCUT2D eigenvalue weighted by atomic mass is 35.5. The van der Waals surface area contributed by atoms with Crippen LogP contribution >= 0.6 is 11.6 Å². The van der Waals surface area contributed by atoms with E-state index in [4.69, 9.17) is 31.5 Å². The number of anilines is 1. The van der Waals surface area contributed by atoms with Gasteiger partial charge in [0.15, 0.2) is 11.5 Å². The zero-order valence-corrected chi connectivity index (χ0v) is 12.1. The number of benzene rings is 2. The molecular weight excluding hydrogens is 278 g/mol. The number of nitrogen functional groups attached to an aromatic ring is 1. The summed E-state index contributed by atoms with van der Waals surface area (Å²) in [6.07, 6.45) is 0. The fourth-order valence-electron chi connectivity index (χ4n) is 1.81. The minimum Gasteiger partial charge on any atom is -0.493 e. The monoisotopic (exact) mass is 293 g/mol. The van der Waals surface area contributed by atoms with Crippen LogP contribution in [-0.2, 0) is 6.61 Å². The van der Waals surface area contributed by atoms with E-state index in [-0.39, 0.29) is 6.61 Å². The van der Waals surface area contributed by atoms with Crippen molar-refractivity contribution in [3.05, 3.63) is 47.0 Å². The van der Waals surface area contributed by atoms with E-state index in [1.807, 2.05) is 6.07 Å². The summed E-state index contributed by atoms with van der Waals surface area (Å²) >= 11 is 5.96. The Morgan fingerprint density at radius 1 is 1.05 bits per heavy atom. The van der Waals surface area contributed by atoms with E-state index in [0.29, 0.717) is 28.0 Å². The van der Waals surface area contributed by atoms with Crippen LogP contribution in [-0.4, -0.2) is 14.2 Å². The minimum absolute atomic E-state index is 0.281. The number of halogens is 1. The quantitative estimate of drug-likeness (QED) is 0.857. The molecule has 0 aliphatic heterocycles. The van der Waals surface area contributed by atoms with Crippen LogP contribution in [0.1, 0.15) is 5.56 Å². The van der Waals surface area contributed by atoms with Gasteiger partial charge in [-0.1, -0.05) is 17.7 Å². The van der Waals surface area contributed by atoms with Crippen LogP contribution < -0.4 is 19.9 Å². The van der Waals surface area contributed by atoms with E-state index in [0.717, 1.165) is 5.56 Å². The molecule has 0 aliphatic carbocycles. The average Bonchev–Trinajstić information content (AvgIpc) is 2.47. The van der Waals surface area contributed by atoms with Gasteiger partial charge in [-0.3, -0.25) is 0 Å². The van der Waals surface area contributed by atoms with Gasteiger partial charge in [0.1, 0.15) is 6.61 Å². The highest BCUT2D eigenvalue weighted by molar-refractivity contribution is 6.30. The predicted octanol–water partition coefficient (Wildman–Crippen LogP) is 3.52. The van der Waals surface area contributed by atoms with E-state index in [2.05, 4.69) is 0 Å². The van der Waals surface area contributed by atoms with Gasteiger partial charge in [-0.25, -0.2) is 0 Å². The Labute approximate surface area is 123 Å². The maximum atomic E-state index is 5.96. The molecule has 0 saturated carbocycles. The molecule has 20 heavy (non-hydrogen) atoms. The van der Waals surface area contributed by atoms with Crippen molar-refractivity contribution in [1.82, 2.24) is 0 Å². The van der Waals surface area contributed by atoms with Gasteiger partial charge in [-0.05, 0) is 30.3 Å². The predicted molar refractivity (Wildman–Crippen MR) is 79.7 cm³/mol. The Morgan fingerprint density at radius 2 is 1.70 bits per heavy atom. The van der Waals surface area contributed by atoms with Gasteiger partial charge in [0.2, 0.25) is 5.75 Å². The molecule has 0 bridgehead atoms. The molecule has 2 aromatic rings. The molecule has 0 atom stereocenters. The van der Waals surface area contributed by atoms with Crippen LogP contribution in [0.2, 0.25) is 5.02 Å². The summed E-state index contributed by atoms with van der Waals surface area (Å²) in [6.45, 7) is 0.281. The van der Waals surface area contributed by atoms with Crippen molar-refractivity contribution in [2.75, 3.05) is 20.0 Å². The summed E-state index contributed by atoms with van der Waals surface area (Å²) in [5.41, 5.74) is 7.33. The molecular formula is C15H16ClNO3. The molecule has 0 radical (unpaired) electrons. The van der Waals surface area contributed by atoms with E-state index in [9.17, 15) is 0 Å². The molecule has 0 aromatic heterocycles. The molecule has 0 aliphatic rings. The maximum absolute atomic E-state index is 5.96. The van der Waals surface area contributed by atoms with Crippen LogP contribution in [0.3, 0.4) is 0 Å². The molecule has 0 heterocycles. The highest BCUT2D eigenvalue weighted by Gasteiger charge is 2.12. The van der Waals surface area contributed by atoms with E-state index >= 15 is 0 Å². The van der Waals surface area contributed by atoms with Crippen LogP contribution in [0.4, 0.5) is 5.69 Å². The normalized spacial score (nSPS) is 10.2. The summed E-state index contributed by atoms with van der Waals surface area (Å²) in [5, 5.41) is 0.616. The lowest BCUT2D eigenvalue weighted by Crippen LogP contribution is -2.02. The topological polar surface area (TPSA) is 53.7 Å². The third-order valence-corrected chi connectivity index (χ3v) is 3.09. The van der Waals surface area contributed by atoms with Crippen molar-refractivity contribution >= 4 is 17.3 Å². The zero-order chi connectivity index (χ0) is 14.5. The summed E-state index contributed by atoms with van der Waals surface area (Å²) in [5.74, 6) is 1.74. The number of ether oxygens (including phenoxy) is 3. The first kappa shape index (κ1) is 14.3. The molecule has 4 nitrogen and oxygen atoms in total. The molecule has 0 spiro atoms. The molecule has 106 valence electrons. The summed E-state index contributed by atoms with van der Waals surface area (Å²) in [7, 11) is 3.16. The lowest BCUT2D eigenvalue weighted by molar-refractivity contribution is 0.266. The van der Waals surface area contributed by atoms with E-state index in [1.165, 1.54) is 0 Å². The van der Waals surface area contributed by atoms with Crippen molar-refractivity contribution in [2.24, 2.45) is 0 Å². The number of methoxy groups -OCH3 is 2. The van der Waals surface area contributed by atoms with Gasteiger partial charge < -0.3 is 19.9 Å². The molecule has 5 heteroatoms. The van der Waals surface area contributed by atoms with Gasteiger partial charge in [0, 0.05) is 16.3 Å². The number of hydrogen-bond donors (Lipinski definition) is 1. The van der Waals surface area contributed by atoms with Crippen molar-refractivity contribution in [3.8, 4) is 17.2 Å². The number of hydrogen-bond acceptors (Lipinski definition) is 4. The molecule has 2 rings (SSSR count). The van der Waals surface area contributed by atoms with Gasteiger partial charge in [0.05, 0.1) is 14.2 Å². The zero-order valence-electron chi connectivity index (χ0n) is 11.4. The Morgan fingerprint density at radius 3 is 2.30 bits per heavy atom. The van der Waals surface area contributed by atoms with Gasteiger partial charge >= 0.3 is 0 Å². The Kier molecular flexibility index (Phi) is 4.58. The number of nitrogens with two attached hydrogens (primary N) is 1. The van der Waals surface area contributed by atoms with Crippen molar-refractivity contribution < 1.29 is 14.2 Å². The number of rotatable bonds is 5. The SMILES string of the molecule is COc1cccc(OC)c1OCc1cc(Cl)ccc1N. The van der Waals surface area contributed by atoms with Crippen molar-refractivity contribution in [3.63, 3.8) is 0 Å². The molecule has 0 saturated heterocycles. The van der Waals surface area contributed by atoms with Gasteiger partial charge in [-0.15, -0.1) is 0 Å². The Balaban J connectivity index is 2.24. The third kappa shape index (κ3) is 3.08. The first-order valence-electron chi connectivity index (χ1n) is 6.03. The van der Waals surface area contributed by atoms with E-state index in [1.54, 1.807) is 44.6 Å². The maximum Gasteiger partial charge on any atom is 0.203 e. The van der Waals surface area contributed by atoms with Gasteiger partial charge in [0.25, 0.3) is 0 Å². The standard InChI is InChI=1S/C15H16ClNO3/c1-18-13-4-3-5-14(19-2)15(13)20-9-10-8-11(16)6-7-12(10)17/h3-8H,9,17H2,1-2H3. The second-order valence-electron chi connectivity index (χ2n) is 4.12. The Hall–Kier alpha value is -2.07.